The number of aromatic amines is 1. The summed E-state index contributed by atoms with van der Waals surface area (Å²) in [5.41, 5.74) is 0.844. The van der Waals surface area contributed by atoms with Crippen molar-refractivity contribution in [1.29, 1.82) is 0 Å². The quantitative estimate of drug-likeness (QED) is 0.842. The first-order chi connectivity index (χ1) is 10.7. The van der Waals surface area contributed by atoms with Crippen LogP contribution >= 0.6 is 0 Å². The number of ether oxygens (including phenoxy) is 1. The standard InChI is InChI=1S/C15H22N4O3S/c1-9(2)13-8-12(6-7-14(13)22-5)23(20,21)19-10(3)15-16-11(4)17-18-15/h6-10,19H,1-5H3,(H,16,17,18)/t10-/m1/s1. The second-order valence-corrected chi connectivity index (χ2v) is 7.39. The molecule has 0 unspecified atom stereocenters. The number of hydrogen-bond donors (Lipinski definition) is 2. The van der Waals surface area contributed by atoms with Gasteiger partial charge in [-0.1, -0.05) is 13.8 Å². The zero-order chi connectivity index (χ0) is 17.2. The molecule has 1 heterocycles. The van der Waals surface area contributed by atoms with E-state index >= 15 is 0 Å². The van der Waals surface area contributed by atoms with Crippen LogP contribution in [0.2, 0.25) is 0 Å². The zero-order valence-electron chi connectivity index (χ0n) is 13.9. The molecule has 23 heavy (non-hydrogen) atoms. The zero-order valence-corrected chi connectivity index (χ0v) is 14.7. The first-order valence-electron chi connectivity index (χ1n) is 7.33. The van der Waals surface area contributed by atoms with Crippen molar-refractivity contribution >= 4 is 10.0 Å². The van der Waals surface area contributed by atoms with Gasteiger partial charge in [-0.2, -0.15) is 5.10 Å². The molecule has 0 radical (unpaired) electrons. The summed E-state index contributed by atoms with van der Waals surface area (Å²) in [6.45, 7) is 7.44. The molecule has 1 aromatic heterocycles. The molecule has 0 saturated carbocycles. The molecule has 0 amide bonds. The number of nitrogens with one attached hydrogen (secondary N) is 2. The lowest BCUT2D eigenvalue weighted by atomic mass is 10.0. The third kappa shape index (κ3) is 3.89. The van der Waals surface area contributed by atoms with Crippen LogP contribution in [0.1, 0.15) is 49.9 Å². The highest BCUT2D eigenvalue weighted by molar-refractivity contribution is 7.89. The Morgan fingerprint density at radius 2 is 1.96 bits per heavy atom. The molecule has 7 nitrogen and oxygen atoms in total. The molecule has 8 heteroatoms. The highest BCUT2D eigenvalue weighted by Crippen LogP contribution is 2.29. The van der Waals surface area contributed by atoms with Gasteiger partial charge in [0.15, 0.2) is 5.82 Å². The number of methoxy groups -OCH3 is 1. The molecule has 2 aromatic rings. The third-order valence-corrected chi connectivity index (χ3v) is 5.01. The number of rotatable bonds is 6. The summed E-state index contributed by atoms with van der Waals surface area (Å²) in [6, 6.07) is 4.31. The summed E-state index contributed by atoms with van der Waals surface area (Å²) < 4.78 is 33.0. The number of H-pyrrole nitrogens is 1. The average Bonchev–Trinajstić information content (AvgIpc) is 2.92. The van der Waals surface area contributed by atoms with Crippen molar-refractivity contribution in [2.75, 3.05) is 7.11 Å². The maximum absolute atomic E-state index is 12.6. The maximum atomic E-state index is 12.6. The van der Waals surface area contributed by atoms with Crippen LogP contribution in [0, 0.1) is 6.92 Å². The van der Waals surface area contributed by atoms with Gasteiger partial charge in [-0.15, -0.1) is 0 Å². The predicted molar refractivity (Wildman–Crippen MR) is 86.9 cm³/mol. The number of aryl methyl sites for hydroxylation is 1. The molecule has 1 aromatic carbocycles. The molecule has 0 spiro atoms. The first-order valence-corrected chi connectivity index (χ1v) is 8.82. The molecule has 0 bridgehead atoms. The lowest BCUT2D eigenvalue weighted by Crippen LogP contribution is -2.27. The SMILES string of the molecule is COc1ccc(S(=O)(=O)N[C@H](C)c2n[nH]c(C)n2)cc1C(C)C. The summed E-state index contributed by atoms with van der Waals surface area (Å²) in [5.74, 6) is 1.87. The van der Waals surface area contributed by atoms with Crippen LogP contribution in [0.5, 0.6) is 5.75 Å². The lowest BCUT2D eigenvalue weighted by Gasteiger charge is -2.15. The fourth-order valence-electron chi connectivity index (χ4n) is 2.24. The van der Waals surface area contributed by atoms with E-state index in [0.717, 1.165) is 5.56 Å². The Hall–Kier alpha value is -1.93. The van der Waals surface area contributed by atoms with E-state index in [1.54, 1.807) is 33.1 Å². The molecule has 126 valence electrons. The number of aromatic nitrogens is 3. The third-order valence-electron chi connectivity index (χ3n) is 3.47. The molecule has 0 aliphatic rings. The molecular weight excluding hydrogens is 316 g/mol. The molecule has 1 atom stereocenters. The maximum Gasteiger partial charge on any atom is 0.241 e. The molecule has 0 aliphatic carbocycles. The van der Waals surface area contributed by atoms with Crippen molar-refractivity contribution in [3.05, 3.63) is 35.4 Å². The van der Waals surface area contributed by atoms with E-state index in [1.807, 2.05) is 13.8 Å². The van der Waals surface area contributed by atoms with Gasteiger partial charge in [-0.05, 0) is 43.5 Å². The monoisotopic (exact) mass is 338 g/mol. The predicted octanol–water partition coefficient (Wildman–Crippen LogP) is 2.28. The molecule has 0 aliphatic heterocycles. The van der Waals surface area contributed by atoms with Crippen LogP contribution in [0.3, 0.4) is 0 Å². The smallest absolute Gasteiger partial charge is 0.241 e. The second kappa shape index (κ2) is 6.67. The average molecular weight is 338 g/mol. The highest BCUT2D eigenvalue weighted by Gasteiger charge is 2.22. The largest absolute Gasteiger partial charge is 0.496 e. The van der Waals surface area contributed by atoms with Gasteiger partial charge in [-0.3, -0.25) is 5.10 Å². The van der Waals surface area contributed by atoms with Crippen molar-refractivity contribution in [2.24, 2.45) is 0 Å². The second-order valence-electron chi connectivity index (χ2n) is 5.68. The van der Waals surface area contributed by atoms with Gasteiger partial charge in [0.1, 0.15) is 11.6 Å². The fourth-order valence-corrected chi connectivity index (χ4v) is 3.47. The minimum atomic E-state index is -3.68. The van der Waals surface area contributed by atoms with E-state index in [2.05, 4.69) is 19.9 Å². The van der Waals surface area contributed by atoms with Crippen LogP contribution < -0.4 is 9.46 Å². The van der Waals surface area contributed by atoms with Crippen LogP contribution in [0.15, 0.2) is 23.1 Å². The van der Waals surface area contributed by atoms with Crippen molar-refractivity contribution < 1.29 is 13.2 Å². The number of hydrogen-bond acceptors (Lipinski definition) is 5. The van der Waals surface area contributed by atoms with Crippen LogP contribution in [-0.2, 0) is 10.0 Å². The number of benzene rings is 1. The minimum absolute atomic E-state index is 0.146. The summed E-state index contributed by atoms with van der Waals surface area (Å²) in [4.78, 5) is 4.34. The van der Waals surface area contributed by atoms with Crippen LogP contribution in [0.25, 0.3) is 0 Å². The fraction of sp³-hybridized carbons (Fsp3) is 0.467. The van der Waals surface area contributed by atoms with Crippen molar-refractivity contribution in [2.45, 2.75) is 44.6 Å². The molecule has 0 fully saturated rings. The Morgan fingerprint density at radius 1 is 1.26 bits per heavy atom. The van der Waals surface area contributed by atoms with Gasteiger partial charge in [0.2, 0.25) is 10.0 Å². The van der Waals surface area contributed by atoms with E-state index in [1.165, 1.54) is 6.07 Å². The van der Waals surface area contributed by atoms with E-state index in [-0.39, 0.29) is 10.8 Å². The topological polar surface area (TPSA) is 97.0 Å². The molecule has 2 N–H and O–H groups in total. The first kappa shape index (κ1) is 17.4. The van der Waals surface area contributed by atoms with Crippen molar-refractivity contribution in [3.63, 3.8) is 0 Å². The van der Waals surface area contributed by atoms with Gasteiger partial charge < -0.3 is 4.74 Å². The van der Waals surface area contributed by atoms with Crippen LogP contribution in [-0.4, -0.2) is 30.7 Å². The van der Waals surface area contributed by atoms with Crippen molar-refractivity contribution in [1.82, 2.24) is 19.9 Å². The van der Waals surface area contributed by atoms with E-state index in [4.69, 9.17) is 4.74 Å². The Labute approximate surface area is 136 Å². The van der Waals surface area contributed by atoms with Gasteiger partial charge in [0.25, 0.3) is 0 Å². The Morgan fingerprint density at radius 3 is 2.48 bits per heavy atom. The lowest BCUT2D eigenvalue weighted by molar-refractivity contribution is 0.407. The Kier molecular flexibility index (Phi) is 5.06. The summed E-state index contributed by atoms with van der Waals surface area (Å²) in [7, 11) is -2.11. The van der Waals surface area contributed by atoms with E-state index in [0.29, 0.717) is 17.4 Å². The Bertz CT molecular complexity index is 784. The highest BCUT2D eigenvalue weighted by atomic mass is 32.2. The Balaban J connectivity index is 2.30. The molecule has 2 rings (SSSR count). The van der Waals surface area contributed by atoms with Crippen molar-refractivity contribution in [3.8, 4) is 5.75 Å². The van der Waals surface area contributed by atoms with E-state index in [9.17, 15) is 8.42 Å². The molecular formula is C15H22N4O3S. The van der Waals surface area contributed by atoms with Gasteiger partial charge >= 0.3 is 0 Å². The van der Waals surface area contributed by atoms with Gasteiger partial charge in [0.05, 0.1) is 18.0 Å². The summed E-state index contributed by atoms with van der Waals surface area (Å²) in [6.07, 6.45) is 0. The normalized spacial score (nSPS) is 13.3. The summed E-state index contributed by atoms with van der Waals surface area (Å²) >= 11 is 0. The number of sulfonamides is 1. The molecule has 0 saturated heterocycles. The summed E-state index contributed by atoms with van der Waals surface area (Å²) in [5, 5.41) is 6.69. The van der Waals surface area contributed by atoms with Gasteiger partial charge in [-0.25, -0.2) is 18.1 Å². The number of nitrogens with zero attached hydrogens (tertiary/aromatic N) is 2. The van der Waals surface area contributed by atoms with Crippen LogP contribution in [0.4, 0.5) is 0 Å². The van der Waals surface area contributed by atoms with E-state index < -0.39 is 16.1 Å². The minimum Gasteiger partial charge on any atom is -0.496 e. The van der Waals surface area contributed by atoms with Gasteiger partial charge in [0, 0.05) is 0 Å².